The topological polar surface area (TPSA) is 48.9 Å². The number of guanidine groups is 1. The zero-order valence-electron chi connectivity index (χ0n) is 18.3. The molecule has 0 saturated carbocycles. The van der Waals surface area contributed by atoms with E-state index in [1.165, 1.54) is 10.6 Å². The van der Waals surface area contributed by atoms with Crippen molar-refractivity contribution in [3.63, 3.8) is 0 Å². The molecule has 5 nitrogen and oxygen atoms in total. The average molecular weight is 543 g/mol. The maximum Gasteiger partial charge on any atom is 0.191 e. The van der Waals surface area contributed by atoms with Crippen LogP contribution in [0, 0.1) is 0 Å². The van der Waals surface area contributed by atoms with Crippen molar-refractivity contribution in [1.82, 2.24) is 10.6 Å². The third-order valence-electron chi connectivity index (χ3n) is 5.51. The molecule has 166 valence electrons. The summed E-state index contributed by atoms with van der Waals surface area (Å²) in [6, 6.07) is 13.2. The van der Waals surface area contributed by atoms with Gasteiger partial charge in [0.15, 0.2) is 5.96 Å². The van der Waals surface area contributed by atoms with Crippen LogP contribution in [-0.2, 0) is 0 Å². The van der Waals surface area contributed by atoms with Crippen molar-refractivity contribution in [1.29, 1.82) is 0 Å². The third kappa shape index (κ3) is 7.34. The van der Waals surface area contributed by atoms with Crippen LogP contribution >= 0.6 is 35.3 Å². The molecule has 1 fully saturated rings. The summed E-state index contributed by atoms with van der Waals surface area (Å²) in [6.45, 7) is 8.29. The Morgan fingerprint density at radius 1 is 1.23 bits per heavy atom. The van der Waals surface area contributed by atoms with E-state index in [9.17, 15) is 0 Å². The summed E-state index contributed by atoms with van der Waals surface area (Å²) in [5.41, 5.74) is 1.33. The minimum absolute atomic E-state index is 0. The van der Waals surface area contributed by atoms with Gasteiger partial charge in [0.1, 0.15) is 5.75 Å². The van der Waals surface area contributed by atoms with E-state index in [0.29, 0.717) is 12.0 Å². The van der Waals surface area contributed by atoms with Gasteiger partial charge >= 0.3 is 0 Å². The lowest BCUT2D eigenvalue weighted by atomic mass is 9.98. The molecule has 2 N–H and O–H groups in total. The normalized spacial score (nSPS) is 16.0. The minimum atomic E-state index is 0. The van der Waals surface area contributed by atoms with E-state index in [1.807, 2.05) is 23.5 Å². The molecular weight excluding hydrogens is 507 g/mol. The molecule has 2 heterocycles. The number of hydrogen-bond donors (Lipinski definition) is 2. The highest BCUT2D eigenvalue weighted by Crippen LogP contribution is 2.25. The molecule has 0 radical (unpaired) electrons. The summed E-state index contributed by atoms with van der Waals surface area (Å²) in [7, 11) is 1.70. The fourth-order valence-corrected chi connectivity index (χ4v) is 4.46. The Morgan fingerprint density at radius 2 is 1.97 bits per heavy atom. The highest BCUT2D eigenvalue weighted by molar-refractivity contribution is 14.0. The number of methoxy groups -OCH3 is 1. The van der Waals surface area contributed by atoms with Crippen LogP contribution in [0.3, 0.4) is 0 Å². The molecule has 3 rings (SSSR count). The lowest BCUT2D eigenvalue weighted by Crippen LogP contribution is -2.48. The Balaban J connectivity index is 0.00000320. The lowest BCUT2D eigenvalue weighted by Gasteiger charge is -2.33. The van der Waals surface area contributed by atoms with Crippen molar-refractivity contribution in [3.05, 3.63) is 47.3 Å². The van der Waals surface area contributed by atoms with Crippen LogP contribution in [-0.4, -0.2) is 45.3 Å². The number of rotatable bonds is 8. The minimum Gasteiger partial charge on any atom is -0.497 e. The fraction of sp³-hybridized carbons (Fsp3) is 0.522. The molecule has 0 amide bonds. The van der Waals surface area contributed by atoms with Crippen LogP contribution in [0.1, 0.15) is 44.6 Å². The van der Waals surface area contributed by atoms with Gasteiger partial charge in [0, 0.05) is 32.2 Å². The molecule has 7 heteroatoms. The number of benzene rings is 1. The Morgan fingerprint density at radius 3 is 2.57 bits per heavy atom. The molecule has 1 aliphatic heterocycles. The third-order valence-corrected chi connectivity index (χ3v) is 6.44. The van der Waals surface area contributed by atoms with Crippen molar-refractivity contribution in [3.8, 4) is 5.75 Å². The largest absolute Gasteiger partial charge is 0.497 e. The van der Waals surface area contributed by atoms with Gasteiger partial charge in [0.25, 0.3) is 0 Å². The number of anilines is 1. The summed E-state index contributed by atoms with van der Waals surface area (Å²) < 4.78 is 5.25. The molecule has 0 aliphatic carbocycles. The number of nitrogens with one attached hydrogen (secondary N) is 2. The van der Waals surface area contributed by atoms with Gasteiger partial charge in [0.2, 0.25) is 0 Å². The van der Waals surface area contributed by atoms with Gasteiger partial charge in [-0.15, -0.1) is 35.3 Å². The number of nitrogens with zero attached hydrogens (tertiary/aromatic N) is 2. The first-order valence-electron chi connectivity index (χ1n) is 10.7. The number of ether oxygens (including phenoxy) is 1. The second-order valence-corrected chi connectivity index (χ2v) is 8.51. The molecule has 0 spiro atoms. The molecule has 1 aromatic carbocycles. The van der Waals surface area contributed by atoms with Gasteiger partial charge in [-0.25, -0.2) is 0 Å². The lowest BCUT2D eigenvalue weighted by molar-refractivity contribution is 0.414. The van der Waals surface area contributed by atoms with E-state index in [0.717, 1.165) is 57.2 Å². The van der Waals surface area contributed by atoms with Crippen LogP contribution in [0.2, 0.25) is 0 Å². The summed E-state index contributed by atoms with van der Waals surface area (Å²) >= 11 is 1.83. The second kappa shape index (κ2) is 13.0. The van der Waals surface area contributed by atoms with Gasteiger partial charge in [0.05, 0.1) is 12.1 Å². The molecule has 0 bridgehead atoms. The predicted octanol–water partition coefficient (Wildman–Crippen LogP) is 5.09. The SMILES string of the molecule is CCNC(=NCCC(C)c1ccc(OC)cc1)NC1CCN(c2cccs2)CC1.I. The standard InChI is InChI=1S/C23H34N4OS.HI/c1-4-24-23(25-14-11-18(2)19-7-9-21(28-3)10-8-19)26-20-12-15-27(16-13-20)22-6-5-17-29-22;/h5-10,17-18,20H,4,11-16H2,1-3H3,(H2,24,25,26);1H. The van der Waals surface area contributed by atoms with E-state index in [4.69, 9.17) is 9.73 Å². The number of halogens is 1. The first kappa shape index (κ1) is 24.8. The molecule has 30 heavy (non-hydrogen) atoms. The molecule has 1 aliphatic rings. The molecule has 2 aromatic rings. The molecule has 1 saturated heterocycles. The highest BCUT2D eigenvalue weighted by Gasteiger charge is 2.20. The van der Waals surface area contributed by atoms with Crippen LogP contribution in [0.25, 0.3) is 0 Å². The Bertz CT molecular complexity index is 743. The monoisotopic (exact) mass is 542 g/mol. The first-order valence-corrected chi connectivity index (χ1v) is 11.5. The van der Waals surface area contributed by atoms with Gasteiger partial charge < -0.3 is 20.3 Å². The van der Waals surface area contributed by atoms with E-state index in [2.05, 4.69) is 59.0 Å². The number of aliphatic imine (C=N–C) groups is 1. The summed E-state index contributed by atoms with van der Waals surface area (Å²) in [6.07, 6.45) is 3.31. The average Bonchev–Trinajstić information content (AvgIpc) is 3.29. The van der Waals surface area contributed by atoms with Crippen molar-refractivity contribution < 1.29 is 4.74 Å². The quantitative estimate of drug-likeness (QED) is 0.277. The van der Waals surface area contributed by atoms with Crippen LogP contribution < -0.4 is 20.3 Å². The van der Waals surface area contributed by atoms with Gasteiger partial charge in [-0.1, -0.05) is 19.1 Å². The van der Waals surface area contributed by atoms with E-state index >= 15 is 0 Å². The Kier molecular flexibility index (Phi) is 10.8. The maximum absolute atomic E-state index is 5.25. The maximum atomic E-state index is 5.25. The van der Waals surface area contributed by atoms with Crippen molar-refractivity contribution in [2.24, 2.45) is 4.99 Å². The number of hydrogen-bond acceptors (Lipinski definition) is 4. The molecule has 1 aromatic heterocycles. The van der Waals surface area contributed by atoms with Crippen molar-refractivity contribution >= 4 is 46.3 Å². The van der Waals surface area contributed by atoms with Gasteiger partial charge in [-0.3, -0.25) is 4.99 Å². The van der Waals surface area contributed by atoms with E-state index in [1.54, 1.807) is 7.11 Å². The van der Waals surface area contributed by atoms with Gasteiger partial charge in [-0.05, 0) is 67.3 Å². The first-order chi connectivity index (χ1) is 14.2. The number of thiophene rings is 1. The van der Waals surface area contributed by atoms with Crippen LogP contribution in [0.5, 0.6) is 5.75 Å². The van der Waals surface area contributed by atoms with E-state index < -0.39 is 0 Å². The van der Waals surface area contributed by atoms with Crippen LogP contribution in [0.15, 0.2) is 46.8 Å². The Hall–Kier alpha value is -1.48. The fourth-order valence-electron chi connectivity index (χ4n) is 3.68. The summed E-state index contributed by atoms with van der Waals surface area (Å²) in [5, 5.41) is 10.6. The summed E-state index contributed by atoms with van der Waals surface area (Å²) in [5.74, 6) is 2.33. The molecule has 1 unspecified atom stereocenters. The second-order valence-electron chi connectivity index (χ2n) is 7.58. The molecular formula is C23H35IN4OS. The highest BCUT2D eigenvalue weighted by atomic mass is 127. The smallest absolute Gasteiger partial charge is 0.191 e. The number of piperidine rings is 1. The van der Waals surface area contributed by atoms with Crippen LogP contribution in [0.4, 0.5) is 5.00 Å². The Labute approximate surface area is 202 Å². The van der Waals surface area contributed by atoms with Crippen molar-refractivity contribution in [2.75, 3.05) is 38.2 Å². The van der Waals surface area contributed by atoms with Gasteiger partial charge in [-0.2, -0.15) is 0 Å². The van der Waals surface area contributed by atoms with Crippen molar-refractivity contribution in [2.45, 2.75) is 45.1 Å². The van der Waals surface area contributed by atoms with E-state index in [-0.39, 0.29) is 24.0 Å². The molecule has 1 atom stereocenters. The zero-order valence-corrected chi connectivity index (χ0v) is 21.4. The summed E-state index contributed by atoms with van der Waals surface area (Å²) in [4.78, 5) is 7.32. The zero-order chi connectivity index (χ0) is 20.5. The predicted molar refractivity (Wildman–Crippen MR) is 140 cm³/mol.